The highest BCUT2D eigenvalue weighted by atomic mass is 16.2. The molecule has 0 aliphatic carbocycles. The molecule has 2 heterocycles. The first-order valence-electron chi connectivity index (χ1n) is 6.92. The minimum absolute atomic E-state index is 0.0572. The number of nitriles is 1. The number of hydrogen-bond acceptors (Lipinski definition) is 4. The Morgan fingerprint density at radius 1 is 1.25 bits per heavy atom. The van der Waals surface area contributed by atoms with Gasteiger partial charge in [0.05, 0.1) is 0 Å². The van der Waals surface area contributed by atoms with Crippen LogP contribution in [0.2, 0.25) is 0 Å². The molecule has 20 heavy (non-hydrogen) atoms. The summed E-state index contributed by atoms with van der Waals surface area (Å²) in [6.45, 7) is 4.15. The summed E-state index contributed by atoms with van der Waals surface area (Å²) in [6, 6.07) is 2.48. The lowest BCUT2D eigenvalue weighted by atomic mass is 10.1. The van der Waals surface area contributed by atoms with Crippen LogP contribution in [0.1, 0.15) is 38.7 Å². The molecule has 2 rings (SSSR count). The maximum atomic E-state index is 12.2. The molecule has 0 amide bonds. The van der Waals surface area contributed by atoms with Gasteiger partial charge in [0.2, 0.25) is 0 Å². The van der Waals surface area contributed by atoms with Gasteiger partial charge in [-0.25, -0.2) is 4.79 Å². The van der Waals surface area contributed by atoms with E-state index in [-0.39, 0.29) is 17.6 Å². The van der Waals surface area contributed by atoms with Crippen LogP contribution >= 0.6 is 0 Å². The van der Waals surface area contributed by atoms with Crippen LogP contribution in [0.5, 0.6) is 0 Å². The van der Waals surface area contributed by atoms with Gasteiger partial charge in [-0.05, 0) is 26.2 Å². The van der Waals surface area contributed by atoms with Gasteiger partial charge in [0, 0.05) is 26.2 Å². The zero-order chi connectivity index (χ0) is 15.0. The van der Waals surface area contributed by atoms with Gasteiger partial charge in [0.25, 0.3) is 5.56 Å². The highest BCUT2D eigenvalue weighted by molar-refractivity contribution is 5.55. The van der Waals surface area contributed by atoms with Gasteiger partial charge in [-0.2, -0.15) is 5.26 Å². The van der Waals surface area contributed by atoms with Crippen LogP contribution in [0.15, 0.2) is 9.59 Å². The Kier molecular flexibility index (Phi) is 3.71. The van der Waals surface area contributed by atoms with Crippen LogP contribution in [0, 0.1) is 11.3 Å². The molecule has 0 radical (unpaired) electrons. The van der Waals surface area contributed by atoms with Crippen molar-refractivity contribution in [3.63, 3.8) is 0 Å². The van der Waals surface area contributed by atoms with Gasteiger partial charge in [-0.3, -0.25) is 13.9 Å². The van der Waals surface area contributed by atoms with Crippen molar-refractivity contribution in [1.82, 2.24) is 9.13 Å². The van der Waals surface area contributed by atoms with Gasteiger partial charge in [-0.1, -0.05) is 6.92 Å². The molecule has 1 fully saturated rings. The monoisotopic (exact) mass is 276 g/mol. The summed E-state index contributed by atoms with van der Waals surface area (Å²) in [7, 11) is 3.02. The molecule has 108 valence electrons. The van der Waals surface area contributed by atoms with Crippen molar-refractivity contribution in [2.75, 3.05) is 4.90 Å². The summed E-state index contributed by atoms with van der Waals surface area (Å²) in [4.78, 5) is 26.3. The van der Waals surface area contributed by atoms with Crippen molar-refractivity contribution < 1.29 is 0 Å². The number of hydrogen-bond donors (Lipinski definition) is 0. The van der Waals surface area contributed by atoms with Gasteiger partial charge in [0.1, 0.15) is 11.9 Å². The fourth-order valence-corrected chi connectivity index (χ4v) is 3.09. The van der Waals surface area contributed by atoms with E-state index in [9.17, 15) is 14.9 Å². The normalized spacial score (nSPS) is 22.1. The molecule has 1 aliphatic rings. The Hall–Kier alpha value is -2.03. The van der Waals surface area contributed by atoms with E-state index in [1.807, 2.05) is 6.07 Å². The first-order chi connectivity index (χ1) is 9.43. The fraction of sp³-hybridized carbons (Fsp3) is 0.643. The number of rotatable bonds is 2. The van der Waals surface area contributed by atoms with Gasteiger partial charge in [0.15, 0.2) is 5.56 Å². The maximum absolute atomic E-state index is 12.2. The summed E-state index contributed by atoms with van der Waals surface area (Å²) < 4.78 is 2.41. The highest BCUT2D eigenvalue weighted by Gasteiger charge is 2.34. The Bertz CT molecular complexity index is 680. The number of aromatic nitrogens is 2. The molecule has 0 N–H and O–H groups in total. The minimum Gasteiger partial charge on any atom is -0.351 e. The standard InChI is InChI=1S/C14H20N4O2/c1-5-10-7-6-9(2)18(10)12-11(8-15)13(19)17(4)14(20)16(12)3/h9-10H,5-7H2,1-4H3/t9-,10+/m0/s1. The predicted molar refractivity (Wildman–Crippen MR) is 76.9 cm³/mol. The zero-order valence-corrected chi connectivity index (χ0v) is 12.4. The fourth-order valence-electron chi connectivity index (χ4n) is 3.09. The molecular weight excluding hydrogens is 256 g/mol. The van der Waals surface area contributed by atoms with E-state index in [2.05, 4.69) is 18.7 Å². The molecule has 6 nitrogen and oxygen atoms in total. The van der Waals surface area contributed by atoms with E-state index in [4.69, 9.17) is 0 Å². The second-order valence-corrected chi connectivity index (χ2v) is 5.41. The molecule has 0 aromatic carbocycles. The molecule has 0 saturated carbocycles. The third-order valence-corrected chi connectivity index (χ3v) is 4.25. The van der Waals surface area contributed by atoms with Crippen molar-refractivity contribution in [2.24, 2.45) is 14.1 Å². The first-order valence-corrected chi connectivity index (χ1v) is 6.92. The Morgan fingerprint density at radius 2 is 1.90 bits per heavy atom. The minimum atomic E-state index is -0.514. The zero-order valence-electron chi connectivity index (χ0n) is 12.4. The van der Waals surface area contributed by atoms with Crippen LogP contribution < -0.4 is 16.1 Å². The summed E-state index contributed by atoms with van der Waals surface area (Å²) in [6.07, 6.45) is 2.96. The lowest BCUT2D eigenvalue weighted by Crippen LogP contribution is -2.45. The molecule has 6 heteroatoms. The number of anilines is 1. The largest absolute Gasteiger partial charge is 0.351 e. The summed E-state index contributed by atoms with van der Waals surface area (Å²) in [5, 5.41) is 9.34. The van der Waals surface area contributed by atoms with Crippen LogP contribution in [-0.4, -0.2) is 21.2 Å². The molecule has 1 aliphatic heterocycles. The van der Waals surface area contributed by atoms with Crippen molar-refractivity contribution in [3.8, 4) is 6.07 Å². The third-order valence-electron chi connectivity index (χ3n) is 4.25. The molecule has 0 unspecified atom stereocenters. The SMILES string of the molecule is CC[C@@H]1CC[C@H](C)N1c1c(C#N)c(=O)n(C)c(=O)n1C. The molecule has 1 aromatic rings. The lowest BCUT2D eigenvalue weighted by molar-refractivity contribution is 0.585. The summed E-state index contributed by atoms with van der Waals surface area (Å²) >= 11 is 0. The van der Waals surface area contributed by atoms with E-state index >= 15 is 0 Å². The van der Waals surface area contributed by atoms with Crippen LogP contribution in [0.4, 0.5) is 5.82 Å². The van der Waals surface area contributed by atoms with E-state index in [1.54, 1.807) is 7.05 Å². The second kappa shape index (κ2) is 5.16. The highest BCUT2D eigenvalue weighted by Crippen LogP contribution is 2.32. The van der Waals surface area contributed by atoms with E-state index in [0.29, 0.717) is 5.82 Å². The quantitative estimate of drug-likeness (QED) is 0.798. The Balaban J connectivity index is 2.78. The second-order valence-electron chi connectivity index (χ2n) is 5.41. The van der Waals surface area contributed by atoms with Crippen LogP contribution in [0.3, 0.4) is 0 Å². The Labute approximate surface area is 117 Å². The topological polar surface area (TPSA) is 71.0 Å². The van der Waals surface area contributed by atoms with Gasteiger partial charge in [-0.15, -0.1) is 0 Å². The molecule has 2 atom stereocenters. The average molecular weight is 276 g/mol. The van der Waals surface area contributed by atoms with Crippen molar-refractivity contribution in [2.45, 2.75) is 45.2 Å². The van der Waals surface area contributed by atoms with Crippen LogP contribution in [0.25, 0.3) is 0 Å². The van der Waals surface area contributed by atoms with E-state index < -0.39 is 11.2 Å². The number of nitrogens with zero attached hydrogens (tertiary/aromatic N) is 4. The first kappa shape index (κ1) is 14.4. The lowest BCUT2D eigenvalue weighted by Gasteiger charge is -2.32. The third kappa shape index (κ3) is 1.94. The maximum Gasteiger partial charge on any atom is 0.332 e. The Morgan fingerprint density at radius 3 is 2.45 bits per heavy atom. The summed E-state index contributed by atoms with van der Waals surface area (Å²) in [5.41, 5.74) is -0.848. The molecule has 0 bridgehead atoms. The predicted octanol–water partition coefficient (Wildman–Crippen LogP) is 0.723. The van der Waals surface area contributed by atoms with Crippen molar-refractivity contribution in [1.29, 1.82) is 5.26 Å². The average Bonchev–Trinajstić information content (AvgIpc) is 2.81. The molecule has 1 saturated heterocycles. The van der Waals surface area contributed by atoms with Gasteiger partial charge < -0.3 is 4.90 Å². The van der Waals surface area contributed by atoms with E-state index in [1.165, 1.54) is 11.6 Å². The van der Waals surface area contributed by atoms with Crippen LogP contribution in [-0.2, 0) is 14.1 Å². The van der Waals surface area contributed by atoms with E-state index in [0.717, 1.165) is 23.8 Å². The molecule has 1 aromatic heterocycles. The molecule has 0 spiro atoms. The molecular formula is C14H20N4O2. The smallest absolute Gasteiger partial charge is 0.332 e. The van der Waals surface area contributed by atoms with Crippen molar-refractivity contribution in [3.05, 3.63) is 26.4 Å². The summed E-state index contributed by atoms with van der Waals surface area (Å²) in [5.74, 6) is 0.470. The van der Waals surface area contributed by atoms with Gasteiger partial charge >= 0.3 is 5.69 Å². The van der Waals surface area contributed by atoms with Crippen molar-refractivity contribution >= 4 is 5.82 Å².